The summed E-state index contributed by atoms with van der Waals surface area (Å²) in [5.74, 6) is 0.607. The quantitative estimate of drug-likeness (QED) is 0.799. The molecule has 0 aliphatic carbocycles. The van der Waals surface area contributed by atoms with E-state index in [-0.39, 0.29) is 5.78 Å². The summed E-state index contributed by atoms with van der Waals surface area (Å²) >= 11 is 4.86. The van der Waals surface area contributed by atoms with Crippen LogP contribution < -0.4 is 4.74 Å². The van der Waals surface area contributed by atoms with E-state index < -0.39 is 0 Å². The molecule has 0 bridgehead atoms. The number of carbonyl (C=O) groups excluding carboxylic acids is 1. The maximum atomic E-state index is 12.3. The van der Waals surface area contributed by atoms with Crippen LogP contribution in [0.3, 0.4) is 0 Å². The molecule has 0 N–H and O–H groups in total. The second-order valence-corrected chi connectivity index (χ2v) is 5.96. The van der Waals surface area contributed by atoms with Crippen LogP contribution in [-0.2, 0) is 0 Å². The minimum atomic E-state index is -0.00694. The molecule has 1 aromatic carbocycles. The molecule has 0 radical (unpaired) electrons. The van der Waals surface area contributed by atoms with Gasteiger partial charge in [-0.15, -0.1) is 11.3 Å². The first-order valence-corrected chi connectivity index (χ1v) is 6.72. The zero-order valence-corrected chi connectivity index (χ0v) is 11.9. The van der Waals surface area contributed by atoms with Gasteiger partial charge >= 0.3 is 0 Å². The lowest BCUT2D eigenvalue weighted by atomic mass is 10.0. The molecular weight excluding hydrogens is 300 g/mol. The first-order valence-electron chi connectivity index (χ1n) is 5.05. The van der Waals surface area contributed by atoms with E-state index in [4.69, 9.17) is 4.74 Å². The lowest BCUT2D eigenvalue weighted by Gasteiger charge is -2.07. The number of thiophene rings is 1. The average molecular weight is 311 g/mol. The van der Waals surface area contributed by atoms with Crippen molar-refractivity contribution < 1.29 is 9.53 Å². The fourth-order valence-corrected chi connectivity index (χ4v) is 2.72. The second-order valence-electron chi connectivity index (χ2n) is 3.67. The van der Waals surface area contributed by atoms with E-state index in [1.54, 1.807) is 7.11 Å². The van der Waals surface area contributed by atoms with Crippen molar-refractivity contribution in [1.29, 1.82) is 0 Å². The van der Waals surface area contributed by atoms with Crippen LogP contribution in [0.4, 0.5) is 0 Å². The van der Waals surface area contributed by atoms with Crippen molar-refractivity contribution in [2.75, 3.05) is 7.11 Å². The Morgan fingerprint density at radius 3 is 2.71 bits per heavy atom. The Labute approximate surface area is 112 Å². The number of rotatable bonds is 3. The molecular formula is C13H11BrO2S. The summed E-state index contributed by atoms with van der Waals surface area (Å²) in [6.45, 7) is 1.96. The van der Waals surface area contributed by atoms with Gasteiger partial charge in [0.15, 0.2) is 5.78 Å². The van der Waals surface area contributed by atoms with E-state index in [1.165, 1.54) is 11.3 Å². The maximum Gasteiger partial charge on any atom is 0.197 e. The molecule has 2 rings (SSSR count). The van der Waals surface area contributed by atoms with Gasteiger partial charge in [0.25, 0.3) is 0 Å². The van der Waals surface area contributed by atoms with Crippen LogP contribution in [0.25, 0.3) is 0 Å². The second kappa shape index (κ2) is 5.02. The predicted octanol–water partition coefficient (Wildman–Crippen LogP) is 4.06. The molecule has 4 heteroatoms. The van der Waals surface area contributed by atoms with Crippen molar-refractivity contribution >= 4 is 33.0 Å². The summed E-state index contributed by atoms with van der Waals surface area (Å²) in [6, 6.07) is 7.44. The van der Waals surface area contributed by atoms with Crippen LogP contribution in [-0.4, -0.2) is 12.9 Å². The Bertz CT molecular complexity index is 560. The first-order chi connectivity index (χ1) is 8.11. The van der Waals surface area contributed by atoms with E-state index in [2.05, 4.69) is 15.9 Å². The highest BCUT2D eigenvalue weighted by Gasteiger charge is 2.15. The first kappa shape index (κ1) is 12.3. The molecule has 1 aromatic heterocycles. The van der Waals surface area contributed by atoms with Crippen LogP contribution >= 0.6 is 27.3 Å². The summed E-state index contributed by atoms with van der Waals surface area (Å²) in [5, 5.41) is 1.84. The van der Waals surface area contributed by atoms with Gasteiger partial charge in [0.05, 0.1) is 16.5 Å². The zero-order chi connectivity index (χ0) is 12.4. The number of methoxy groups -OCH3 is 1. The van der Waals surface area contributed by atoms with E-state index in [1.807, 2.05) is 36.6 Å². The van der Waals surface area contributed by atoms with Crippen LogP contribution in [0, 0.1) is 6.92 Å². The van der Waals surface area contributed by atoms with Gasteiger partial charge in [-0.25, -0.2) is 0 Å². The van der Waals surface area contributed by atoms with Crippen molar-refractivity contribution in [2.45, 2.75) is 6.92 Å². The van der Waals surface area contributed by atoms with E-state index in [0.717, 1.165) is 9.35 Å². The molecule has 0 spiro atoms. The number of ether oxygens (including phenoxy) is 1. The molecule has 2 nitrogen and oxygen atoms in total. The van der Waals surface area contributed by atoms with Crippen molar-refractivity contribution in [1.82, 2.24) is 0 Å². The molecule has 0 amide bonds. The molecule has 0 saturated carbocycles. The van der Waals surface area contributed by atoms with Crippen LogP contribution in [0.1, 0.15) is 21.5 Å². The van der Waals surface area contributed by atoms with Crippen molar-refractivity contribution in [3.63, 3.8) is 0 Å². The molecule has 2 aromatic rings. The Balaban J connectivity index is 2.46. The number of aryl methyl sites for hydroxylation is 1. The minimum absolute atomic E-state index is 0.00694. The normalized spacial score (nSPS) is 10.3. The highest BCUT2D eigenvalue weighted by Crippen LogP contribution is 2.27. The maximum absolute atomic E-state index is 12.3. The van der Waals surface area contributed by atoms with Gasteiger partial charge in [0, 0.05) is 10.9 Å². The third-order valence-corrected chi connectivity index (χ3v) is 3.93. The van der Waals surface area contributed by atoms with Crippen molar-refractivity contribution in [3.8, 4) is 5.75 Å². The standard InChI is InChI=1S/C13H11BrO2S/c1-8-3-4-11(16-2)10(5-8)13(15)9-6-12(14)17-7-9/h3-7H,1-2H3. The summed E-state index contributed by atoms with van der Waals surface area (Å²) in [7, 11) is 1.57. The minimum Gasteiger partial charge on any atom is -0.496 e. The Morgan fingerprint density at radius 2 is 2.12 bits per heavy atom. The van der Waals surface area contributed by atoms with E-state index in [0.29, 0.717) is 16.9 Å². The monoisotopic (exact) mass is 310 g/mol. The molecule has 0 fully saturated rings. The number of halogens is 1. The van der Waals surface area contributed by atoms with Crippen LogP contribution in [0.5, 0.6) is 5.75 Å². The number of hydrogen-bond donors (Lipinski definition) is 0. The number of hydrogen-bond acceptors (Lipinski definition) is 3. The highest BCUT2D eigenvalue weighted by molar-refractivity contribution is 9.11. The molecule has 17 heavy (non-hydrogen) atoms. The van der Waals surface area contributed by atoms with Crippen LogP contribution in [0.2, 0.25) is 0 Å². The zero-order valence-electron chi connectivity index (χ0n) is 9.49. The average Bonchev–Trinajstić information content (AvgIpc) is 2.75. The fourth-order valence-electron chi connectivity index (χ4n) is 1.58. The highest BCUT2D eigenvalue weighted by atomic mass is 79.9. The molecule has 0 aliphatic rings. The van der Waals surface area contributed by atoms with Gasteiger partial charge in [-0.2, -0.15) is 0 Å². The summed E-state index contributed by atoms with van der Waals surface area (Å²) in [4.78, 5) is 12.3. The van der Waals surface area contributed by atoms with E-state index >= 15 is 0 Å². The largest absolute Gasteiger partial charge is 0.496 e. The van der Waals surface area contributed by atoms with Crippen molar-refractivity contribution in [2.24, 2.45) is 0 Å². The predicted molar refractivity (Wildman–Crippen MR) is 73.2 cm³/mol. The van der Waals surface area contributed by atoms with Gasteiger partial charge < -0.3 is 4.74 Å². The van der Waals surface area contributed by atoms with Gasteiger partial charge in [-0.3, -0.25) is 4.79 Å². The summed E-state index contributed by atoms with van der Waals surface area (Å²) in [5.41, 5.74) is 2.34. The fraction of sp³-hybridized carbons (Fsp3) is 0.154. The molecule has 0 atom stereocenters. The number of ketones is 1. The molecule has 0 saturated heterocycles. The van der Waals surface area contributed by atoms with Crippen LogP contribution in [0.15, 0.2) is 33.4 Å². The summed E-state index contributed by atoms with van der Waals surface area (Å²) < 4.78 is 6.17. The van der Waals surface area contributed by atoms with Gasteiger partial charge in [0.2, 0.25) is 0 Å². The van der Waals surface area contributed by atoms with Crippen molar-refractivity contribution in [3.05, 3.63) is 50.1 Å². The Kier molecular flexibility index (Phi) is 3.64. The lowest BCUT2D eigenvalue weighted by molar-refractivity contribution is 0.103. The SMILES string of the molecule is COc1ccc(C)cc1C(=O)c1csc(Br)c1. The number of carbonyl (C=O) groups is 1. The van der Waals surface area contributed by atoms with Gasteiger partial charge in [-0.1, -0.05) is 11.6 Å². The number of benzene rings is 1. The third kappa shape index (κ3) is 2.58. The van der Waals surface area contributed by atoms with E-state index in [9.17, 15) is 4.79 Å². The topological polar surface area (TPSA) is 26.3 Å². The smallest absolute Gasteiger partial charge is 0.197 e. The molecule has 0 aliphatic heterocycles. The molecule has 1 heterocycles. The molecule has 0 unspecified atom stereocenters. The summed E-state index contributed by atoms with van der Waals surface area (Å²) in [6.07, 6.45) is 0. The lowest BCUT2D eigenvalue weighted by Crippen LogP contribution is -2.03. The Hall–Kier alpha value is -1.13. The Morgan fingerprint density at radius 1 is 1.35 bits per heavy atom. The van der Waals surface area contributed by atoms with Gasteiger partial charge in [0.1, 0.15) is 5.75 Å². The third-order valence-electron chi connectivity index (χ3n) is 2.43. The molecule has 88 valence electrons. The van der Waals surface area contributed by atoms with Gasteiger partial charge in [-0.05, 0) is 41.1 Å².